The van der Waals surface area contributed by atoms with Gasteiger partial charge in [-0.2, -0.15) is 29.1 Å². The van der Waals surface area contributed by atoms with Gasteiger partial charge in [-0.25, -0.2) is 4.98 Å². The summed E-state index contributed by atoms with van der Waals surface area (Å²) in [6.45, 7) is -1.57. The fourth-order valence-electron chi connectivity index (χ4n) is 3.32. The number of benzene rings is 3. The van der Waals surface area contributed by atoms with Crippen LogP contribution < -0.4 is 14.9 Å². The molecule has 2 N–H and O–H groups in total. The Morgan fingerprint density at radius 3 is 2.43 bits per heavy atom. The second-order valence-corrected chi connectivity index (χ2v) is 9.09. The number of fused-ring (bicyclic) bond motifs is 1. The molecule has 0 aliphatic carbocycles. The molecule has 0 amide bonds. The highest BCUT2D eigenvalue weighted by Gasteiger charge is 2.29. The molecule has 0 saturated carbocycles. The van der Waals surface area contributed by atoms with Crippen molar-refractivity contribution in [1.29, 1.82) is 5.26 Å². The number of thiol groups is 1. The Labute approximate surface area is 219 Å². The van der Waals surface area contributed by atoms with Crippen LogP contribution >= 0.6 is 24.4 Å². The third-order valence-electron chi connectivity index (χ3n) is 4.81. The van der Waals surface area contributed by atoms with Gasteiger partial charge in [-0.05, 0) is 39.6 Å². The highest BCUT2D eigenvalue weighted by atomic mass is 35.5. The van der Waals surface area contributed by atoms with Gasteiger partial charge in [0.2, 0.25) is 0 Å². The number of hydroxylamine groups is 1. The summed E-state index contributed by atoms with van der Waals surface area (Å²) in [5, 5.41) is 18.8. The summed E-state index contributed by atoms with van der Waals surface area (Å²) < 4.78 is 47.1. The first-order chi connectivity index (χ1) is 17.4. The monoisotopic (exact) mass is 548 g/mol. The predicted octanol–water partition coefficient (Wildman–Crippen LogP) is 6.56. The third kappa shape index (κ3) is 6.93. The average molecular weight is 549 g/mol. The molecule has 0 aliphatic heterocycles. The minimum absolute atomic E-state index is 0.165. The van der Waals surface area contributed by atoms with Crippen molar-refractivity contribution in [2.75, 3.05) is 19.1 Å². The van der Waals surface area contributed by atoms with Crippen LogP contribution in [-0.4, -0.2) is 39.2 Å². The number of halogens is 4. The minimum atomic E-state index is -4.57. The molecule has 190 valence electrons. The number of hydrogen-bond donors (Lipinski definition) is 3. The van der Waals surface area contributed by atoms with Crippen LogP contribution in [-0.2, 0) is 0 Å². The molecule has 3 aromatic carbocycles. The zero-order chi connectivity index (χ0) is 26.8. The number of aromatic nitrogens is 2. The lowest BCUT2D eigenvalue weighted by Gasteiger charge is -2.17. The minimum Gasteiger partial charge on any atom is -0.481 e. The third-order valence-corrected chi connectivity index (χ3v) is 5.19. The Hall–Kier alpha value is -3.76. The molecule has 0 saturated heterocycles. The van der Waals surface area contributed by atoms with Gasteiger partial charge in [0, 0.05) is 12.1 Å². The fraction of sp³-hybridized carbons (Fsp3) is 0.125. The van der Waals surface area contributed by atoms with Crippen molar-refractivity contribution in [3.05, 3.63) is 71.4 Å². The number of ether oxygens (including phenoxy) is 2. The number of nitrogens with one attached hydrogen (secondary N) is 1. The van der Waals surface area contributed by atoms with Gasteiger partial charge < -0.3 is 9.47 Å². The summed E-state index contributed by atoms with van der Waals surface area (Å²) in [6, 6.07) is 16.8. The van der Waals surface area contributed by atoms with Crippen LogP contribution in [0.5, 0.6) is 17.2 Å². The van der Waals surface area contributed by atoms with Crippen LogP contribution in [0.25, 0.3) is 22.2 Å². The molecule has 0 bridgehead atoms. The zero-order valence-corrected chi connectivity index (χ0v) is 20.6. The van der Waals surface area contributed by atoms with Crippen LogP contribution in [0.1, 0.15) is 5.56 Å². The lowest BCUT2D eigenvalue weighted by Crippen LogP contribution is -2.35. The molecular weight excluding hydrogens is 531 g/mol. The van der Waals surface area contributed by atoms with E-state index in [1.807, 2.05) is 24.3 Å². The van der Waals surface area contributed by atoms with E-state index in [-0.39, 0.29) is 22.1 Å². The Kier molecular flexibility index (Phi) is 7.33. The van der Waals surface area contributed by atoms with E-state index in [2.05, 4.69) is 32.9 Å². The Balaban J connectivity index is 1.51. The van der Waals surface area contributed by atoms with Crippen LogP contribution in [0, 0.1) is 11.3 Å². The van der Waals surface area contributed by atoms with Gasteiger partial charge in [-0.15, -0.1) is 0 Å². The molecule has 1 heterocycles. The molecule has 13 heteroatoms. The number of rotatable bonds is 7. The van der Waals surface area contributed by atoms with Crippen LogP contribution in [0.2, 0.25) is 5.02 Å². The lowest BCUT2D eigenvalue weighted by molar-refractivity contribution is -0.955. The van der Waals surface area contributed by atoms with Gasteiger partial charge in [0.1, 0.15) is 37.4 Å². The largest absolute Gasteiger partial charge is 0.481 e. The van der Waals surface area contributed by atoms with Crippen LogP contribution in [0.4, 0.5) is 19.0 Å². The first-order valence-electron chi connectivity index (χ1n) is 10.5. The standard InChI is InChI=1S/C24H18ClF3N5O3S/c1-33(34,37)32-22-12-30-21-9-15(4-7-20(21)31-22)14-2-5-17(6-3-14)36-18-8-16(11-29)23(19(25)10-18)35-13-24(26,27)28/h2-10,12,34,37H,13H2,1H3,(H,31,32)/q+1. The van der Waals surface area contributed by atoms with Crippen molar-refractivity contribution in [3.8, 4) is 34.4 Å². The molecular formula is C24H18ClF3N5O3S+. The topological polar surface area (TPSA) is 100 Å². The summed E-state index contributed by atoms with van der Waals surface area (Å²) in [6.07, 6.45) is -3.09. The average Bonchev–Trinajstić information content (AvgIpc) is 2.81. The maximum absolute atomic E-state index is 12.5. The Morgan fingerprint density at radius 2 is 1.78 bits per heavy atom. The van der Waals surface area contributed by atoms with E-state index >= 15 is 0 Å². The SMILES string of the molecule is C[N+](O)(S)Nc1cnc2cc(-c3ccc(Oc4cc(Cl)c(OCC(F)(F)F)c(C#N)c4)cc3)ccc2n1. The molecule has 0 radical (unpaired) electrons. The number of nitriles is 1. The Bertz CT molecular complexity index is 1490. The molecule has 1 atom stereocenters. The first kappa shape index (κ1) is 26.3. The molecule has 8 nitrogen and oxygen atoms in total. The van der Waals surface area contributed by atoms with E-state index in [1.54, 1.807) is 24.3 Å². The first-order valence-corrected chi connectivity index (χ1v) is 11.3. The zero-order valence-electron chi connectivity index (χ0n) is 19.0. The molecule has 1 unspecified atom stereocenters. The summed E-state index contributed by atoms with van der Waals surface area (Å²) in [5.41, 5.74) is 5.46. The molecule has 4 rings (SSSR count). The van der Waals surface area contributed by atoms with E-state index in [9.17, 15) is 23.6 Å². The highest BCUT2D eigenvalue weighted by Crippen LogP contribution is 2.36. The molecule has 4 aromatic rings. The number of quaternary nitrogens is 1. The van der Waals surface area contributed by atoms with E-state index in [1.165, 1.54) is 25.4 Å². The van der Waals surface area contributed by atoms with Crippen LogP contribution in [0.3, 0.4) is 0 Å². The second kappa shape index (κ2) is 10.3. The van der Waals surface area contributed by atoms with Crippen molar-refractivity contribution in [1.82, 2.24) is 9.97 Å². The normalized spacial score (nSPS) is 13.0. The van der Waals surface area contributed by atoms with E-state index in [4.69, 9.17) is 16.3 Å². The summed E-state index contributed by atoms with van der Waals surface area (Å²) in [4.78, 5) is 8.76. The summed E-state index contributed by atoms with van der Waals surface area (Å²) in [5.74, 6) is 0.571. The number of nitrogens with zero attached hydrogens (tertiary/aromatic N) is 4. The highest BCUT2D eigenvalue weighted by molar-refractivity contribution is 7.74. The van der Waals surface area contributed by atoms with Gasteiger partial charge in [0.05, 0.1) is 27.8 Å². The van der Waals surface area contributed by atoms with Gasteiger partial charge in [-0.3, -0.25) is 4.98 Å². The predicted molar refractivity (Wildman–Crippen MR) is 133 cm³/mol. The van der Waals surface area contributed by atoms with Gasteiger partial charge in [-0.1, -0.05) is 29.8 Å². The van der Waals surface area contributed by atoms with Gasteiger partial charge in [0.15, 0.2) is 18.2 Å². The van der Waals surface area contributed by atoms with Gasteiger partial charge >= 0.3 is 6.18 Å². The second-order valence-electron chi connectivity index (χ2n) is 7.91. The maximum Gasteiger partial charge on any atom is 0.422 e. The fourth-order valence-corrected chi connectivity index (χ4v) is 3.69. The molecule has 0 aliphatic rings. The van der Waals surface area contributed by atoms with Crippen LogP contribution in [0.15, 0.2) is 60.8 Å². The van der Waals surface area contributed by atoms with E-state index in [0.29, 0.717) is 22.6 Å². The van der Waals surface area contributed by atoms with E-state index < -0.39 is 16.9 Å². The maximum atomic E-state index is 12.5. The van der Waals surface area contributed by atoms with Crippen molar-refractivity contribution >= 4 is 41.3 Å². The molecule has 37 heavy (non-hydrogen) atoms. The number of hydrogen-bond acceptors (Lipinski definition) is 8. The van der Waals surface area contributed by atoms with Crippen molar-refractivity contribution < 1.29 is 32.0 Å². The molecule has 0 spiro atoms. The van der Waals surface area contributed by atoms with E-state index in [0.717, 1.165) is 11.1 Å². The molecule has 1 aromatic heterocycles. The van der Waals surface area contributed by atoms with Crippen molar-refractivity contribution in [2.24, 2.45) is 0 Å². The molecule has 0 fully saturated rings. The van der Waals surface area contributed by atoms with Crippen molar-refractivity contribution in [3.63, 3.8) is 0 Å². The summed E-state index contributed by atoms with van der Waals surface area (Å²) >= 11 is 9.99. The van der Waals surface area contributed by atoms with Crippen molar-refractivity contribution in [2.45, 2.75) is 6.18 Å². The quantitative estimate of drug-likeness (QED) is 0.136. The smallest absolute Gasteiger partial charge is 0.422 e. The summed E-state index contributed by atoms with van der Waals surface area (Å²) in [7, 11) is 1.41. The Morgan fingerprint density at radius 1 is 1.08 bits per heavy atom. The van der Waals surface area contributed by atoms with Gasteiger partial charge in [0.25, 0.3) is 0 Å². The number of alkyl halides is 3. The lowest BCUT2D eigenvalue weighted by atomic mass is 10.0. The number of anilines is 1.